The van der Waals surface area contributed by atoms with E-state index in [2.05, 4.69) is 11.9 Å². The molecule has 0 fully saturated rings. The van der Waals surface area contributed by atoms with Gasteiger partial charge >= 0.3 is 0 Å². The van der Waals surface area contributed by atoms with Gasteiger partial charge in [0.15, 0.2) is 0 Å². The van der Waals surface area contributed by atoms with Gasteiger partial charge in [0.05, 0.1) is 6.61 Å². The zero-order valence-electron chi connectivity index (χ0n) is 12.0. The summed E-state index contributed by atoms with van der Waals surface area (Å²) in [5.41, 5.74) is 8.45. The van der Waals surface area contributed by atoms with Crippen LogP contribution in [0.2, 0.25) is 0 Å². The highest BCUT2D eigenvalue weighted by atomic mass is 16.5. The van der Waals surface area contributed by atoms with E-state index >= 15 is 0 Å². The van der Waals surface area contributed by atoms with Gasteiger partial charge in [-0.15, -0.1) is 0 Å². The van der Waals surface area contributed by atoms with Crippen molar-refractivity contribution in [3.8, 4) is 5.75 Å². The Bertz CT molecular complexity index is 496. The van der Waals surface area contributed by atoms with Crippen molar-refractivity contribution in [3.05, 3.63) is 59.9 Å². The zero-order chi connectivity index (χ0) is 14.2. The molecule has 2 aromatic rings. The molecule has 0 spiro atoms. The van der Waals surface area contributed by atoms with Gasteiger partial charge in [-0.05, 0) is 54.7 Å². The van der Waals surface area contributed by atoms with Gasteiger partial charge in [0.2, 0.25) is 0 Å². The van der Waals surface area contributed by atoms with Gasteiger partial charge in [0.25, 0.3) is 0 Å². The highest BCUT2D eigenvalue weighted by Gasteiger charge is 2.03. The smallest absolute Gasteiger partial charge is 0.119 e. The first-order chi connectivity index (χ1) is 9.79. The molecule has 0 radical (unpaired) electrons. The zero-order valence-corrected chi connectivity index (χ0v) is 12.0. The van der Waals surface area contributed by atoms with Crippen LogP contribution in [0.1, 0.15) is 36.9 Å². The number of nitrogens with zero attached hydrogens (tertiary/aromatic N) is 1. The first kappa shape index (κ1) is 14.5. The summed E-state index contributed by atoms with van der Waals surface area (Å²) in [6.45, 7) is 2.82. The van der Waals surface area contributed by atoms with Crippen molar-refractivity contribution >= 4 is 0 Å². The van der Waals surface area contributed by atoms with Crippen LogP contribution >= 0.6 is 0 Å². The summed E-state index contributed by atoms with van der Waals surface area (Å²) in [5.74, 6) is 0.909. The molecule has 0 saturated carbocycles. The summed E-state index contributed by atoms with van der Waals surface area (Å²) in [7, 11) is 0. The minimum Gasteiger partial charge on any atom is -0.494 e. The fraction of sp³-hybridized carbons (Fsp3) is 0.353. The maximum Gasteiger partial charge on any atom is 0.119 e. The van der Waals surface area contributed by atoms with Crippen molar-refractivity contribution in [1.29, 1.82) is 0 Å². The predicted octanol–water partition coefficient (Wildman–Crippen LogP) is 3.50. The van der Waals surface area contributed by atoms with E-state index in [0.29, 0.717) is 0 Å². The second-order valence-electron chi connectivity index (χ2n) is 4.89. The van der Waals surface area contributed by atoms with E-state index < -0.39 is 0 Å². The Morgan fingerprint density at radius 2 is 1.80 bits per heavy atom. The van der Waals surface area contributed by atoms with Crippen LogP contribution in [-0.2, 0) is 6.42 Å². The molecule has 1 unspecified atom stereocenters. The highest BCUT2D eigenvalue weighted by molar-refractivity contribution is 5.29. The van der Waals surface area contributed by atoms with Gasteiger partial charge in [-0.25, -0.2) is 0 Å². The largest absolute Gasteiger partial charge is 0.494 e. The molecular formula is C17H22N2O. The van der Waals surface area contributed by atoms with Gasteiger partial charge in [-0.1, -0.05) is 19.1 Å². The number of hydrogen-bond acceptors (Lipinski definition) is 3. The lowest BCUT2D eigenvalue weighted by Crippen LogP contribution is -2.08. The molecule has 1 aromatic heterocycles. The lowest BCUT2D eigenvalue weighted by Gasteiger charge is -2.11. The molecule has 0 aliphatic carbocycles. The van der Waals surface area contributed by atoms with Crippen LogP contribution in [0.25, 0.3) is 0 Å². The molecular weight excluding hydrogens is 248 g/mol. The van der Waals surface area contributed by atoms with E-state index in [-0.39, 0.29) is 6.04 Å². The Balaban J connectivity index is 1.74. The molecule has 0 amide bonds. The van der Waals surface area contributed by atoms with Gasteiger partial charge < -0.3 is 10.5 Å². The molecule has 0 bridgehead atoms. The Morgan fingerprint density at radius 3 is 2.45 bits per heavy atom. The van der Waals surface area contributed by atoms with Crippen molar-refractivity contribution in [2.75, 3.05) is 6.61 Å². The highest BCUT2D eigenvalue weighted by Crippen LogP contribution is 2.18. The van der Waals surface area contributed by atoms with Crippen molar-refractivity contribution in [1.82, 2.24) is 4.98 Å². The second-order valence-corrected chi connectivity index (χ2v) is 4.89. The fourth-order valence-corrected chi connectivity index (χ4v) is 2.06. The summed E-state index contributed by atoms with van der Waals surface area (Å²) in [4.78, 5) is 4.01. The normalized spacial score (nSPS) is 12.1. The number of nitrogens with two attached hydrogens (primary N) is 1. The van der Waals surface area contributed by atoms with Crippen LogP contribution in [-0.4, -0.2) is 11.6 Å². The molecule has 0 saturated heterocycles. The summed E-state index contributed by atoms with van der Waals surface area (Å²) < 4.78 is 5.74. The second kappa shape index (κ2) is 7.65. The molecule has 0 aliphatic heterocycles. The average molecular weight is 270 g/mol. The van der Waals surface area contributed by atoms with Crippen LogP contribution in [0.4, 0.5) is 0 Å². The third-order valence-corrected chi connectivity index (χ3v) is 3.38. The molecule has 1 heterocycles. The van der Waals surface area contributed by atoms with Gasteiger partial charge in [0, 0.05) is 18.4 Å². The Kier molecular flexibility index (Phi) is 5.56. The lowest BCUT2D eigenvalue weighted by molar-refractivity contribution is 0.311. The van der Waals surface area contributed by atoms with E-state index in [1.165, 1.54) is 5.56 Å². The molecule has 20 heavy (non-hydrogen) atoms. The first-order valence-corrected chi connectivity index (χ1v) is 7.17. The van der Waals surface area contributed by atoms with E-state index in [9.17, 15) is 0 Å². The Hall–Kier alpha value is -1.87. The van der Waals surface area contributed by atoms with Crippen LogP contribution < -0.4 is 10.5 Å². The monoisotopic (exact) mass is 270 g/mol. The van der Waals surface area contributed by atoms with Crippen molar-refractivity contribution in [2.45, 2.75) is 32.2 Å². The van der Waals surface area contributed by atoms with E-state index in [0.717, 1.165) is 37.2 Å². The van der Waals surface area contributed by atoms with Crippen LogP contribution in [0.5, 0.6) is 5.75 Å². The van der Waals surface area contributed by atoms with Crippen LogP contribution in [0.3, 0.4) is 0 Å². The minimum atomic E-state index is 0.121. The summed E-state index contributed by atoms with van der Waals surface area (Å²) in [6.07, 6.45) is 6.62. The minimum absolute atomic E-state index is 0.121. The standard InChI is InChI=1S/C17H22N2O/c1-2-17(18)15-5-7-16(8-6-15)20-13-3-4-14-9-11-19-12-10-14/h5-12,17H,2-4,13,18H2,1H3. The van der Waals surface area contributed by atoms with Gasteiger partial charge in [-0.2, -0.15) is 0 Å². The number of hydrogen-bond donors (Lipinski definition) is 1. The average Bonchev–Trinajstić information content (AvgIpc) is 2.52. The number of ether oxygens (including phenoxy) is 1. The molecule has 0 aliphatic rings. The molecule has 2 rings (SSSR count). The maximum atomic E-state index is 5.98. The Labute approximate surface area is 120 Å². The molecule has 1 atom stereocenters. The summed E-state index contributed by atoms with van der Waals surface area (Å²) in [5, 5.41) is 0. The number of benzene rings is 1. The third-order valence-electron chi connectivity index (χ3n) is 3.38. The van der Waals surface area contributed by atoms with Gasteiger partial charge in [0.1, 0.15) is 5.75 Å². The number of pyridine rings is 1. The van der Waals surface area contributed by atoms with E-state index in [1.807, 2.05) is 48.8 Å². The molecule has 3 nitrogen and oxygen atoms in total. The quantitative estimate of drug-likeness (QED) is 0.783. The SMILES string of the molecule is CCC(N)c1ccc(OCCCc2ccncc2)cc1. The topological polar surface area (TPSA) is 48.1 Å². The molecule has 106 valence electrons. The van der Waals surface area contributed by atoms with Crippen molar-refractivity contribution in [3.63, 3.8) is 0 Å². The molecule has 1 aromatic carbocycles. The number of rotatable bonds is 7. The number of aryl methyl sites for hydroxylation is 1. The fourth-order valence-electron chi connectivity index (χ4n) is 2.06. The van der Waals surface area contributed by atoms with E-state index in [1.54, 1.807) is 0 Å². The van der Waals surface area contributed by atoms with Crippen LogP contribution in [0.15, 0.2) is 48.8 Å². The molecule has 2 N–H and O–H groups in total. The lowest BCUT2D eigenvalue weighted by atomic mass is 10.1. The van der Waals surface area contributed by atoms with Gasteiger partial charge in [-0.3, -0.25) is 4.98 Å². The third kappa shape index (κ3) is 4.35. The maximum absolute atomic E-state index is 5.98. The van der Waals surface area contributed by atoms with Crippen molar-refractivity contribution in [2.24, 2.45) is 5.73 Å². The predicted molar refractivity (Wildman–Crippen MR) is 81.7 cm³/mol. The summed E-state index contributed by atoms with van der Waals surface area (Å²) in [6, 6.07) is 12.3. The molecule has 3 heteroatoms. The van der Waals surface area contributed by atoms with Crippen LogP contribution in [0, 0.1) is 0 Å². The Morgan fingerprint density at radius 1 is 1.10 bits per heavy atom. The summed E-state index contributed by atoms with van der Waals surface area (Å²) >= 11 is 0. The van der Waals surface area contributed by atoms with Crippen molar-refractivity contribution < 1.29 is 4.74 Å². The number of aromatic nitrogens is 1. The van der Waals surface area contributed by atoms with E-state index in [4.69, 9.17) is 10.5 Å². The first-order valence-electron chi connectivity index (χ1n) is 7.17.